The first kappa shape index (κ1) is 25.6. The minimum Gasteiger partial charge on any atom is -0.550 e. The number of allylic oxidation sites excluding steroid dienone is 3. The molecule has 0 aromatic heterocycles. The van der Waals surface area contributed by atoms with Gasteiger partial charge in [-0.05, 0) is 60.9 Å². The summed E-state index contributed by atoms with van der Waals surface area (Å²) in [6.45, 7) is 2.88. The summed E-state index contributed by atoms with van der Waals surface area (Å²) in [5.41, 5.74) is 2.79. The van der Waals surface area contributed by atoms with Gasteiger partial charge in [0.15, 0.2) is 0 Å². The molecular formula is C31H31O4P. The molecule has 36 heavy (non-hydrogen) atoms. The highest BCUT2D eigenvalue weighted by Gasteiger charge is 2.49. The van der Waals surface area contributed by atoms with Crippen LogP contribution in [-0.2, 0) is 14.3 Å². The third-order valence-corrected chi connectivity index (χ3v) is 11.2. The molecule has 5 rings (SSSR count). The highest BCUT2D eigenvalue weighted by molar-refractivity contribution is 7.95. The standard InChI is InChI=1S/C29H28O2P.C2H4O2/c1-22(30)31-20-28-23-17-18-24(19-23)29(28)21-32(25-11-5-2-6-12-25,26-13-7-3-8-14-26)27-15-9-4-10-16-27;1-2(3)4/h2-18,23-24H,19-21H2,1H3;1H3,(H,3,4)/q+1;/p-1/t23-,24+;/m1./s1. The number of carboxylic acids is 1. The van der Waals surface area contributed by atoms with Gasteiger partial charge in [-0.3, -0.25) is 4.79 Å². The molecule has 4 nitrogen and oxygen atoms in total. The minimum absolute atomic E-state index is 0.209. The SMILES string of the molecule is CC(=O)OCC1=C(C[P+](c2ccccc2)(c2ccccc2)c2ccccc2)[C@H]2C=C[C@@H]1C2.CC(=O)[O-]. The van der Waals surface area contributed by atoms with Crippen LogP contribution in [0, 0.1) is 11.8 Å². The van der Waals surface area contributed by atoms with Crippen LogP contribution >= 0.6 is 7.26 Å². The summed E-state index contributed by atoms with van der Waals surface area (Å²) in [5.74, 6) is -0.446. The number of ether oxygens (including phenoxy) is 1. The maximum absolute atomic E-state index is 11.6. The number of rotatable bonds is 7. The van der Waals surface area contributed by atoms with Gasteiger partial charge in [-0.15, -0.1) is 0 Å². The fourth-order valence-corrected chi connectivity index (χ4v) is 9.75. The molecule has 2 atom stereocenters. The van der Waals surface area contributed by atoms with Crippen LogP contribution in [0.15, 0.2) is 114 Å². The number of hydrogen-bond acceptors (Lipinski definition) is 4. The van der Waals surface area contributed by atoms with E-state index in [1.165, 1.54) is 34.0 Å². The van der Waals surface area contributed by atoms with Crippen LogP contribution in [0.2, 0.25) is 0 Å². The van der Waals surface area contributed by atoms with E-state index in [2.05, 4.69) is 103 Å². The fourth-order valence-electron chi connectivity index (χ4n) is 5.31. The van der Waals surface area contributed by atoms with Crippen molar-refractivity contribution in [1.82, 2.24) is 0 Å². The average Bonchev–Trinajstić information content (AvgIpc) is 3.49. The van der Waals surface area contributed by atoms with E-state index in [-0.39, 0.29) is 5.97 Å². The number of hydrogen-bond donors (Lipinski definition) is 0. The van der Waals surface area contributed by atoms with E-state index in [1.54, 1.807) is 0 Å². The molecule has 2 bridgehead atoms. The number of aliphatic carboxylic acids is 1. The first-order valence-electron chi connectivity index (χ1n) is 12.2. The highest BCUT2D eigenvalue weighted by Crippen LogP contribution is 2.60. The molecule has 5 heteroatoms. The fraction of sp³-hybridized carbons (Fsp3) is 0.226. The Balaban J connectivity index is 0.000000709. The van der Waals surface area contributed by atoms with Crippen molar-refractivity contribution in [3.05, 3.63) is 114 Å². The first-order valence-corrected chi connectivity index (χ1v) is 14.1. The topological polar surface area (TPSA) is 66.4 Å². The molecule has 0 amide bonds. The second-order valence-electron chi connectivity index (χ2n) is 9.13. The first-order chi connectivity index (χ1) is 17.4. The molecule has 0 fully saturated rings. The Bertz CT molecular complexity index is 1150. The number of carbonyl (C=O) groups excluding carboxylic acids is 2. The lowest BCUT2D eigenvalue weighted by atomic mass is 9.99. The van der Waals surface area contributed by atoms with E-state index in [9.17, 15) is 4.79 Å². The molecule has 0 saturated heterocycles. The van der Waals surface area contributed by atoms with E-state index in [0.29, 0.717) is 18.4 Å². The van der Waals surface area contributed by atoms with Gasteiger partial charge in [0.1, 0.15) is 29.8 Å². The lowest BCUT2D eigenvalue weighted by Crippen LogP contribution is -2.34. The molecule has 3 aromatic rings. The van der Waals surface area contributed by atoms with E-state index in [4.69, 9.17) is 14.6 Å². The molecule has 0 spiro atoms. The molecule has 2 aliphatic carbocycles. The van der Waals surface area contributed by atoms with E-state index < -0.39 is 13.2 Å². The monoisotopic (exact) mass is 498 g/mol. The van der Waals surface area contributed by atoms with Crippen LogP contribution in [0.5, 0.6) is 0 Å². The van der Waals surface area contributed by atoms with Crippen molar-refractivity contribution in [2.75, 3.05) is 12.8 Å². The average molecular weight is 499 g/mol. The summed E-state index contributed by atoms with van der Waals surface area (Å²) in [7, 11) is -1.95. The molecule has 2 aliphatic rings. The minimum atomic E-state index is -1.95. The number of carbonyl (C=O) groups is 2. The summed E-state index contributed by atoms with van der Waals surface area (Å²) < 4.78 is 5.52. The molecule has 184 valence electrons. The van der Waals surface area contributed by atoms with Gasteiger partial charge in [0.25, 0.3) is 0 Å². The third-order valence-electron chi connectivity index (χ3n) is 6.82. The lowest BCUT2D eigenvalue weighted by Gasteiger charge is -2.30. The predicted octanol–water partition coefficient (Wildman–Crippen LogP) is 3.80. The number of fused-ring (bicyclic) bond motifs is 2. The zero-order chi connectivity index (χ0) is 25.5. The van der Waals surface area contributed by atoms with Crippen molar-refractivity contribution in [3.63, 3.8) is 0 Å². The van der Waals surface area contributed by atoms with Crippen molar-refractivity contribution >= 4 is 35.1 Å². The molecule has 0 N–H and O–H groups in total. The summed E-state index contributed by atoms with van der Waals surface area (Å²) in [5, 5.41) is 13.1. The molecular weight excluding hydrogens is 467 g/mol. The Morgan fingerprint density at radius 1 is 0.750 bits per heavy atom. The van der Waals surface area contributed by atoms with Gasteiger partial charge in [-0.1, -0.05) is 66.7 Å². The van der Waals surface area contributed by atoms with Gasteiger partial charge in [0, 0.05) is 24.7 Å². The molecule has 3 aromatic carbocycles. The van der Waals surface area contributed by atoms with Crippen LogP contribution in [0.25, 0.3) is 0 Å². The lowest BCUT2D eigenvalue weighted by molar-refractivity contribution is -0.302. The Morgan fingerprint density at radius 2 is 1.14 bits per heavy atom. The van der Waals surface area contributed by atoms with Crippen molar-refractivity contribution < 1.29 is 19.4 Å². The van der Waals surface area contributed by atoms with Crippen molar-refractivity contribution in [2.45, 2.75) is 20.3 Å². The van der Waals surface area contributed by atoms with Crippen LogP contribution in [-0.4, -0.2) is 24.7 Å². The van der Waals surface area contributed by atoms with Gasteiger partial charge >= 0.3 is 5.97 Å². The van der Waals surface area contributed by atoms with Gasteiger partial charge in [-0.2, -0.15) is 0 Å². The summed E-state index contributed by atoms with van der Waals surface area (Å²) in [4.78, 5) is 20.5. The molecule has 0 aliphatic heterocycles. The number of esters is 1. The van der Waals surface area contributed by atoms with Crippen LogP contribution in [0.4, 0.5) is 0 Å². The second-order valence-corrected chi connectivity index (χ2v) is 12.6. The van der Waals surface area contributed by atoms with E-state index >= 15 is 0 Å². The summed E-state index contributed by atoms with van der Waals surface area (Å²) in [6, 6.07) is 33.0. The Hall–Kier alpha value is -3.49. The number of carboxylic acid groups (broad SMARTS) is 1. The number of benzene rings is 3. The van der Waals surface area contributed by atoms with Gasteiger partial charge in [0.2, 0.25) is 0 Å². The highest BCUT2D eigenvalue weighted by atomic mass is 31.2. The van der Waals surface area contributed by atoms with E-state index in [0.717, 1.165) is 19.5 Å². The smallest absolute Gasteiger partial charge is 0.302 e. The third kappa shape index (κ3) is 5.50. The Morgan fingerprint density at radius 3 is 1.53 bits per heavy atom. The molecule has 0 unspecified atom stereocenters. The Labute approximate surface area is 213 Å². The predicted molar refractivity (Wildman–Crippen MR) is 145 cm³/mol. The van der Waals surface area contributed by atoms with Crippen LogP contribution < -0.4 is 21.0 Å². The summed E-state index contributed by atoms with van der Waals surface area (Å²) >= 11 is 0. The second kappa shape index (κ2) is 11.5. The molecule has 0 radical (unpaired) electrons. The maximum Gasteiger partial charge on any atom is 0.302 e. The van der Waals surface area contributed by atoms with Gasteiger partial charge < -0.3 is 14.6 Å². The largest absolute Gasteiger partial charge is 0.550 e. The maximum atomic E-state index is 11.6. The van der Waals surface area contributed by atoms with Gasteiger partial charge in [0.05, 0.1) is 6.16 Å². The summed E-state index contributed by atoms with van der Waals surface area (Å²) in [6.07, 6.45) is 6.77. The van der Waals surface area contributed by atoms with Crippen molar-refractivity contribution in [2.24, 2.45) is 11.8 Å². The molecule has 0 saturated carbocycles. The van der Waals surface area contributed by atoms with Crippen LogP contribution in [0.1, 0.15) is 20.3 Å². The zero-order valence-corrected chi connectivity index (χ0v) is 21.6. The zero-order valence-electron chi connectivity index (χ0n) is 20.7. The van der Waals surface area contributed by atoms with E-state index in [1.807, 2.05) is 0 Å². The normalized spacial score (nSPS) is 17.9. The quantitative estimate of drug-likeness (QED) is 0.282. The van der Waals surface area contributed by atoms with Gasteiger partial charge in [-0.25, -0.2) is 0 Å². The van der Waals surface area contributed by atoms with Crippen molar-refractivity contribution in [3.8, 4) is 0 Å². The van der Waals surface area contributed by atoms with Crippen LogP contribution in [0.3, 0.4) is 0 Å². The van der Waals surface area contributed by atoms with Crippen molar-refractivity contribution in [1.29, 1.82) is 0 Å². The Kier molecular flexibility index (Phi) is 8.18. The molecule has 0 heterocycles.